The van der Waals surface area contributed by atoms with Crippen LogP contribution in [0.4, 0.5) is 10.5 Å². The third kappa shape index (κ3) is 4.90. The summed E-state index contributed by atoms with van der Waals surface area (Å²) < 4.78 is 16.7. The summed E-state index contributed by atoms with van der Waals surface area (Å²) in [5.74, 6) is 12.7. The van der Waals surface area contributed by atoms with E-state index < -0.39 is 6.03 Å². The normalized spacial score (nSPS) is 10.4. The molecular formula is C23H27N5O4. The highest BCUT2D eigenvalue weighted by atomic mass is 16.5. The molecule has 2 aromatic carbocycles. The maximum absolute atomic E-state index is 11.9. The van der Waals surface area contributed by atoms with E-state index in [9.17, 15) is 4.79 Å². The Kier molecular flexibility index (Phi) is 7.14. The monoisotopic (exact) mass is 437 g/mol. The first-order valence-corrected chi connectivity index (χ1v) is 9.85. The minimum absolute atomic E-state index is 0.203. The molecule has 0 bridgehead atoms. The fourth-order valence-corrected chi connectivity index (χ4v) is 3.33. The van der Waals surface area contributed by atoms with Gasteiger partial charge in [0.15, 0.2) is 0 Å². The number of pyridine rings is 1. The minimum atomic E-state index is -0.631. The van der Waals surface area contributed by atoms with Crippen molar-refractivity contribution in [2.45, 2.75) is 20.5 Å². The molecule has 0 aliphatic carbocycles. The zero-order valence-corrected chi connectivity index (χ0v) is 18.5. The summed E-state index contributed by atoms with van der Waals surface area (Å²) in [4.78, 5) is 16.3. The van der Waals surface area contributed by atoms with E-state index in [0.29, 0.717) is 23.2 Å². The van der Waals surface area contributed by atoms with Gasteiger partial charge in [-0.15, -0.1) is 0 Å². The number of benzene rings is 2. The highest BCUT2D eigenvalue weighted by Crippen LogP contribution is 2.34. The van der Waals surface area contributed by atoms with E-state index in [0.717, 1.165) is 32.8 Å². The second-order valence-corrected chi connectivity index (χ2v) is 7.13. The van der Waals surface area contributed by atoms with Crippen LogP contribution in [0.5, 0.6) is 17.5 Å². The van der Waals surface area contributed by atoms with Crippen molar-refractivity contribution in [2.24, 2.45) is 11.7 Å². The van der Waals surface area contributed by atoms with Gasteiger partial charge in [0.25, 0.3) is 0 Å². The van der Waals surface area contributed by atoms with Gasteiger partial charge in [-0.25, -0.2) is 21.5 Å². The van der Waals surface area contributed by atoms with E-state index >= 15 is 0 Å². The molecule has 0 atom stereocenters. The van der Waals surface area contributed by atoms with Gasteiger partial charge in [0.1, 0.15) is 12.4 Å². The summed E-state index contributed by atoms with van der Waals surface area (Å²) in [7, 11) is 3.12. The molecule has 5 N–H and O–H groups in total. The first-order valence-electron chi connectivity index (χ1n) is 9.85. The van der Waals surface area contributed by atoms with Gasteiger partial charge in [-0.1, -0.05) is 18.2 Å². The molecule has 2 amide bonds. The number of rotatable bonds is 7. The van der Waals surface area contributed by atoms with Crippen molar-refractivity contribution in [2.75, 3.05) is 19.2 Å². The van der Waals surface area contributed by atoms with Gasteiger partial charge >= 0.3 is 6.03 Å². The van der Waals surface area contributed by atoms with Crippen molar-refractivity contribution < 1.29 is 19.0 Å². The molecule has 0 unspecified atom stereocenters. The number of amides is 2. The van der Waals surface area contributed by atoms with Crippen molar-refractivity contribution in [3.05, 3.63) is 65.2 Å². The molecule has 9 nitrogen and oxygen atoms in total. The number of nitrogens with two attached hydrogens (primary N) is 2. The first kappa shape index (κ1) is 22.9. The van der Waals surface area contributed by atoms with Crippen LogP contribution in [0.2, 0.25) is 0 Å². The molecule has 3 aromatic rings. The number of hydrogen-bond donors (Lipinski definition) is 3. The van der Waals surface area contributed by atoms with Crippen LogP contribution >= 0.6 is 0 Å². The van der Waals surface area contributed by atoms with Gasteiger partial charge in [0, 0.05) is 17.2 Å². The zero-order chi connectivity index (χ0) is 23.3. The number of urea groups is 1. The maximum Gasteiger partial charge on any atom is 0.350 e. The number of hydrazine groups is 2. The molecule has 168 valence electrons. The number of carbonyl (C=O) groups is 1. The van der Waals surface area contributed by atoms with Crippen molar-refractivity contribution in [1.82, 2.24) is 10.4 Å². The van der Waals surface area contributed by atoms with Crippen LogP contribution in [-0.2, 0) is 6.61 Å². The largest absolute Gasteiger partial charge is 0.489 e. The topological polar surface area (TPSA) is 125 Å². The SMILES string of the molecule is COc1ccc(-c2cc(C)cc(OCc3c(C)cccc3N(N)C(=O)NN)c2)c(OC)n1. The van der Waals surface area contributed by atoms with E-state index in [-0.39, 0.29) is 6.61 Å². The smallest absolute Gasteiger partial charge is 0.350 e. The quantitative estimate of drug-likeness (QED) is 0.294. The van der Waals surface area contributed by atoms with Crippen LogP contribution in [0.3, 0.4) is 0 Å². The molecule has 1 heterocycles. The maximum atomic E-state index is 11.9. The number of aromatic nitrogens is 1. The number of hydrogen-bond acceptors (Lipinski definition) is 7. The molecule has 1 aromatic heterocycles. The third-order valence-electron chi connectivity index (χ3n) is 4.97. The highest BCUT2D eigenvalue weighted by Gasteiger charge is 2.17. The van der Waals surface area contributed by atoms with Crippen molar-refractivity contribution >= 4 is 11.7 Å². The van der Waals surface area contributed by atoms with Crippen LogP contribution in [0.15, 0.2) is 48.5 Å². The van der Waals surface area contributed by atoms with Gasteiger partial charge in [0.2, 0.25) is 11.8 Å². The predicted molar refractivity (Wildman–Crippen MR) is 122 cm³/mol. The summed E-state index contributed by atoms with van der Waals surface area (Å²) in [5, 5.41) is 0.960. The van der Waals surface area contributed by atoms with Crippen LogP contribution in [-0.4, -0.2) is 25.2 Å². The molecular weight excluding hydrogens is 410 g/mol. The second-order valence-electron chi connectivity index (χ2n) is 7.13. The number of aryl methyl sites for hydroxylation is 2. The second kappa shape index (κ2) is 9.99. The van der Waals surface area contributed by atoms with E-state index in [2.05, 4.69) is 4.98 Å². The average Bonchev–Trinajstić information content (AvgIpc) is 2.81. The van der Waals surface area contributed by atoms with Crippen LogP contribution in [0, 0.1) is 13.8 Å². The Balaban J connectivity index is 1.92. The standard InChI is InChI=1S/C23H27N5O4/c1-14-10-16(18-8-9-21(30-3)26-22(18)31-4)12-17(11-14)32-13-19-15(2)6-5-7-20(19)28(25)23(29)27-24/h5-12H,13,24-25H2,1-4H3,(H,27,29). The van der Waals surface area contributed by atoms with Crippen LogP contribution in [0.1, 0.15) is 16.7 Å². The fourth-order valence-electron chi connectivity index (χ4n) is 3.33. The van der Waals surface area contributed by atoms with E-state index in [1.807, 2.05) is 55.7 Å². The number of methoxy groups -OCH3 is 2. The molecule has 3 rings (SSSR count). The van der Waals surface area contributed by atoms with Crippen molar-refractivity contribution in [3.63, 3.8) is 0 Å². The van der Waals surface area contributed by atoms with Gasteiger partial charge in [-0.2, -0.15) is 4.98 Å². The van der Waals surface area contributed by atoms with E-state index in [4.69, 9.17) is 25.9 Å². The molecule has 0 aliphatic rings. The Morgan fingerprint density at radius 2 is 1.88 bits per heavy atom. The lowest BCUT2D eigenvalue weighted by atomic mass is 10.0. The lowest BCUT2D eigenvalue weighted by Crippen LogP contribution is -2.48. The molecule has 0 radical (unpaired) electrons. The molecule has 0 spiro atoms. The molecule has 0 aliphatic heterocycles. The van der Waals surface area contributed by atoms with E-state index in [1.54, 1.807) is 26.4 Å². The molecule has 32 heavy (non-hydrogen) atoms. The highest BCUT2D eigenvalue weighted by molar-refractivity contribution is 5.91. The summed E-state index contributed by atoms with van der Waals surface area (Å²) >= 11 is 0. The predicted octanol–water partition coefficient (Wildman–Crippen LogP) is 3.23. The van der Waals surface area contributed by atoms with Crippen LogP contribution < -0.4 is 36.3 Å². The van der Waals surface area contributed by atoms with Crippen molar-refractivity contribution in [3.8, 4) is 28.6 Å². The molecule has 9 heteroatoms. The first-order chi connectivity index (χ1) is 15.4. The Labute approximate surface area is 186 Å². The van der Waals surface area contributed by atoms with E-state index in [1.165, 1.54) is 0 Å². The molecule has 0 fully saturated rings. The van der Waals surface area contributed by atoms with Crippen molar-refractivity contribution in [1.29, 1.82) is 0 Å². The number of nitrogens with one attached hydrogen (secondary N) is 1. The Morgan fingerprint density at radius 3 is 2.56 bits per heavy atom. The minimum Gasteiger partial charge on any atom is -0.489 e. The number of nitrogens with zero attached hydrogens (tertiary/aromatic N) is 2. The third-order valence-corrected chi connectivity index (χ3v) is 4.97. The van der Waals surface area contributed by atoms with Gasteiger partial charge < -0.3 is 14.2 Å². The summed E-state index contributed by atoms with van der Waals surface area (Å²) in [6, 6.07) is 14.4. The number of carbonyl (C=O) groups excluding carboxylic acids is 1. The van der Waals surface area contributed by atoms with Gasteiger partial charge in [0.05, 0.1) is 19.9 Å². The molecule has 0 saturated carbocycles. The number of ether oxygens (including phenoxy) is 3. The fraction of sp³-hybridized carbons (Fsp3) is 0.217. The lowest BCUT2D eigenvalue weighted by Gasteiger charge is -2.21. The lowest BCUT2D eigenvalue weighted by molar-refractivity contribution is 0.246. The Hall–Kier alpha value is -3.82. The number of anilines is 1. The average molecular weight is 438 g/mol. The summed E-state index contributed by atoms with van der Waals surface area (Å²) in [5.41, 5.74) is 6.93. The Bertz CT molecular complexity index is 1120. The summed E-state index contributed by atoms with van der Waals surface area (Å²) in [6.45, 7) is 4.10. The van der Waals surface area contributed by atoms with Crippen LogP contribution in [0.25, 0.3) is 11.1 Å². The van der Waals surface area contributed by atoms with Gasteiger partial charge in [-0.3, -0.25) is 5.43 Å². The molecule has 0 saturated heterocycles. The Morgan fingerprint density at radius 1 is 1.09 bits per heavy atom. The zero-order valence-electron chi connectivity index (χ0n) is 18.5. The van der Waals surface area contributed by atoms with Gasteiger partial charge in [-0.05, 0) is 54.8 Å². The summed E-state index contributed by atoms with van der Waals surface area (Å²) in [6.07, 6.45) is 0.